The van der Waals surface area contributed by atoms with Gasteiger partial charge in [-0.3, -0.25) is 24.1 Å². The van der Waals surface area contributed by atoms with E-state index >= 15 is 0 Å². The van der Waals surface area contributed by atoms with Gasteiger partial charge in [-0.25, -0.2) is 4.79 Å². The van der Waals surface area contributed by atoms with Gasteiger partial charge in [0.15, 0.2) is 0 Å². The van der Waals surface area contributed by atoms with Gasteiger partial charge in [0, 0.05) is 27.8 Å². The van der Waals surface area contributed by atoms with E-state index in [1.165, 1.54) is 14.2 Å². The van der Waals surface area contributed by atoms with E-state index in [-0.39, 0.29) is 41.9 Å². The first-order valence-corrected chi connectivity index (χ1v) is 17.1. The number of aliphatic carboxylic acids is 1. The molecule has 0 radical (unpaired) electrons. The molecule has 14 nitrogen and oxygen atoms in total. The highest BCUT2D eigenvalue weighted by Gasteiger charge is 2.43. The SMILES string of the molecule is CC[C@H](C)[C@@H]([C@@H](CC(=O)N1CCCC1[C@H](OC)[C@@H](C)C(=O)NC(CO)C(=O)O)OC)N(C)C(=O)C(NC(=O)C(C(C)C)N(C)C)C(C)C. The van der Waals surface area contributed by atoms with E-state index in [0.717, 1.165) is 0 Å². The lowest BCUT2D eigenvalue weighted by Gasteiger charge is -2.41. The number of carboxylic acid groups (broad SMARTS) is 1. The predicted molar refractivity (Wildman–Crippen MR) is 182 cm³/mol. The first-order valence-electron chi connectivity index (χ1n) is 17.1. The minimum Gasteiger partial charge on any atom is -0.480 e. The van der Waals surface area contributed by atoms with Crippen molar-refractivity contribution in [2.24, 2.45) is 23.7 Å². The molecule has 0 aromatic carbocycles. The highest BCUT2D eigenvalue weighted by atomic mass is 16.5. The fourth-order valence-electron chi connectivity index (χ4n) is 6.90. The molecule has 0 bridgehead atoms. The summed E-state index contributed by atoms with van der Waals surface area (Å²) in [5.41, 5.74) is 0. The van der Waals surface area contributed by atoms with Crippen LogP contribution in [0, 0.1) is 23.7 Å². The zero-order valence-corrected chi connectivity index (χ0v) is 31.2. The van der Waals surface area contributed by atoms with Crippen LogP contribution < -0.4 is 10.6 Å². The van der Waals surface area contributed by atoms with Gasteiger partial charge in [-0.1, -0.05) is 54.9 Å². The van der Waals surface area contributed by atoms with Crippen molar-refractivity contribution in [3.63, 3.8) is 0 Å². The second-order valence-electron chi connectivity index (χ2n) is 14.1. The Morgan fingerprint density at radius 3 is 1.96 bits per heavy atom. The van der Waals surface area contributed by atoms with Gasteiger partial charge in [-0.15, -0.1) is 0 Å². The molecule has 4 unspecified atom stereocenters. The molecule has 48 heavy (non-hydrogen) atoms. The van der Waals surface area contributed by atoms with E-state index in [1.807, 2.05) is 60.5 Å². The van der Waals surface area contributed by atoms with Gasteiger partial charge < -0.3 is 40.1 Å². The Labute approximate surface area is 287 Å². The largest absolute Gasteiger partial charge is 0.480 e. The van der Waals surface area contributed by atoms with Crippen molar-refractivity contribution in [2.75, 3.05) is 48.5 Å². The maximum atomic E-state index is 14.1. The van der Waals surface area contributed by atoms with Gasteiger partial charge in [0.1, 0.15) is 12.1 Å². The number of methoxy groups -OCH3 is 2. The van der Waals surface area contributed by atoms with Crippen molar-refractivity contribution in [3.05, 3.63) is 0 Å². The lowest BCUT2D eigenvalue weighted by atomic mass is 9.89. The number of carbonyl (C=O) groups excluding carboxylic acids is 4. The number of amides is 4. The van der Waals surface area contributed by atoms with Gasteiger partial charge >= 0.3 is 5.97 Å². The van der Waals surface area contributed by atoms with E-state index < -0.39 is 66.8 Å². The number of rotatable bonds is 20. The van der Waals surface area contributed by atoms with Crippen LogP contribution in [0.15, 0.2) is 0 Å². The van der Waals surface area contributed by atoms with Gasteiger partial charge in [0.2, 0.25) is 23.6 Å². The van der Waals surface area contributed by atoms with E-state index in [4.69, 9.17) is 9.47 Å². The number of hydrogen-bond donors (Lipinski definition) is 4. The van der Waals surface area contributed by atoms with Gasteiger partial charge in [0.25, 0.3) is 0 Å². The molecular formula is C34H63N5O9. The van der Waals surface area contributed by atoms with Crippen LogP contribution in [-0.2, 0) is 33.4 Å². The minimum absolute atomic E-state index is 0.0308. The number of nitrogens with zero attached hydrogens (tertiary/aromatic N) is 3. The van der Waals surface area contributed by atoms with Crippen molar-refractivity contribution in [3.8, 4) is 0 Å². The van der Waals surface area contributed by atoms with Crippen molar-refractivity contribution in [1.82, 2.24) is 25.3 Å². The normalized spacial score (nSPS) is 20.1. The quantitative estimate of drug-likeness (QED) is 0.146. The number of aliphatic hydroxyl groups excluding tert-OH is 1. The molecule has 0 aromatic heterocycles. The minimum atomic E-state index is -1.45. The standard InChI is InChI=1S/C34H63N5O9/c1-13-21(6)29(38(10)33(44)27(19(2)3)36-32(43)28(20(4)5)37(8)9)25(47-11)17-26(41)39-16-14-15-24(39)30(48-12)22(7)31(42)35-23(18-40)34(45)46/h19-25,27-30,40H,13-18H2,1-12H3,(H,35,42)(H,36,43)(H,45,46)/t21-,22+,23?,24?,25+,27?,28?,29-,30+/m0/s1. The van der Waals surface area contributed by atoms with Crippen LogP contribution >= 0.6 is 0 Å². The number of ether oxygens (including phenoxy) is 2. The summed E-state index contributed by atoms with van der Waals surface area (Å²) in [6.07, 6.45) is 0.545. The third kappa shape index (κ3) is 11.1. The number of carboxylic acids is 1. The third-order valence-corrected chi connectivity index (χ3v) is 9.74. The van der Waals surface area contributed by atoms with Crippen LogP contribution in [0.3, 0.4) is 0 Å². The molecule has 278 valence electrons. The highest BCUT2D eigenvalue weighted by molar-refractivity contribution is 5.90. The summed E-state index contributed by atoms with van der Waals surface area (Å²) in [4.78, 5) is 70.8. The second kappa shape index (κ2) is 20.0. The lowest BCUT2D eigenvalue weighted by molar-refractivity contribution is -0.148. The maximum absolute atomic E-state index is 14.1. The molecule has 4 amide bonds. The number of likely N-dealkylation sites (N-methyl/N-ethyl adjacent to an activating group) is 2. The molecule has 0 aromatic rings. The highest BCUT2D eigenvalue weighted by Crippen LogP contribution is 2.29. The van der Waals surface area contributed by atoms with Crippen molar-refractivity contribution >= 4 is 29.6 Å². The monoisotopic (exact) mass is 685 g/mol. The Balaban J connectivity index is 3.27. The Kier molecular flexibility index (Phi) is 18.0. The molecule has 0 aliphatic carbocycles. The topological polar surface area (TPSA) is 178 Å². The Morgan fingerprint density at radius 2 is 1.52 bits per heavy atom. The molecule has 4 N–H and O–H groups in total. The van der Waals surface area contributed by atoms with Crippen LogP contribution in [0.2, 0.25) is 0 Å². The van der Waals surface area contributed by atoms with E-state index in [9.17, 15) is 34.2 Å². The summed E-state index contributed by atoms with van der Waals surface area (Å²) in [7, 11) is 8.33. The average Bonchev–Trinajstić information content (AvgIpc) is 3.50. The first-order chi connectivity index (χ1) is 22.4. The van der Waals surface area contributed by atoms with Crippen molar-refractivity contribution < 1.29 is 43.7 Å². The van der Waals surface area contributed by atoms with Gasteiger partial charge in [-0.05, 0) is 44.7 Å². The fraction of sp³-hybridized carbons (Fsp3) is 0.853. The number of aliphatic hydroxyl groups is 1. The summed E-state index contributed by atoms with van der Waals surface area (Å²) >= 11 is 0. The van der Waals surface area contributed by atoms with E-state index in [1.54, 1.807) is 23.8 Å². The zero-order valence-electron chi connectivity index (χ0n) is 31.2. The molecule has 0 spiro atoms. The Bertz CT molecular complexity index is 1060. The molecule has 1 saturated heterocycles. The molecule has 1 aliphatic heterocycles. The molecule has 0 saturated carbocycles. The Hall–Kier alpha value is -2.81. The molecule has 14 heteroatoms. The molecule has 1 aliphatic rings. The molecular weight excluding hydrogens is 622 g/mol. The summed E-state index contributed by atoms with van der Waals surface area (Å²) in [5, 5.41) is 23.9. The molecule has 1 heterocycles. The molecule has 1 fully saturated rings. The van der Waals surface area contributed by atoms with E-state index in [0.29, 0.717) is 25.8 Å². The van der Waals surface area contributed by atoms with Crippen molar-refractivity contribution in [2.45, 2.75) is 117 Å². The molecule has 9 atom stereocenters. The van der Waals surface area contributed by atoms with Crippen molar-refractivity contribution in [1.29, 1.82) is 0 Å². The molecule has 1 rings (SSSR count). The Morgan fingerprint density at radius 1 is 0.917 bits per heavy atom. The van der Waals surface area contributed by atoms with Crippen LogP contribution in [0.4, 0.5) is 0 Å². The maximum Gasteiger partial charge on any atom is 0.328 e. The van der Waals surface area contributed by atoms with Crippen LogP contribution in [-0.4, -0.2) is 145 Å². The summed E-state index contributed by atoms with van der Waals surface area (Å²) < 4.78 is 11.7. The number of nitrogens with one attached hydrogen (secondary N) is 2. The fourth-order valence-corrected chi connectivity index (χ4v) is 6.90. The predicted octanol–water partition coefficient (Wildman–Crippen LogP) is 1.20. The van der Waals surface area contributed by atoms with Crippen LogP contribution in [0.25, 0.3) is 0 Å². The van der Waals surface area contributed by atoms with Crippen LogP contribution in [0.1, 0.15) is 74.1 Å². The van der Waals surface area contributed by atoms with Crippen LogP contribution in [0.5, 0.6) is 0 Å². The second-order valence-corrected chi connectivity index (χ2v) is 14.1. The lowest BCUT2D eigenvalue weighted by Crippen LogP contribution is -2.59. The summed E-state index contributed by atoms with van der Waals surface area (Å²) in [6.45, 7) is 13.0. The summed E-state index contributed by atoms with van der Waals surface area (Å²) in [6, 6.07) is -3.59. The van der Waals surface area contributed by atoms with Gasteiger partial charge in [0.05, 0.1) is 49.3 Å². The number of carbonyl (C=O) groups is 5. The smallest absolute Gasteiger partial charge is 0.328 e. The number of hydrogen-bond acceptors (Lipinski definition) is 9. The van der Waals surface area contributed by atoms with E-state index in [2.05, 4.69) is 10.6 Å². The zero-order chi connectivity index (χ0) is 37.0. The third-order valence-electron chi connectivity index (χ3n) is 9.74. The number of likely N-dealkylation sites (tertiary alicyclic amines) is 1. The summed E-state index contributed by atoms with van der Waals surface area (Å²) in [5.74, 6) is -3.70. The first kappa shape index (κ1) is 43.2. The van der Waals surface area contributed by atoms with Gasteiger partial charge in [-0.2, -0.15) is 0 Å². The average molecular weight is 686 g/mol.